The van der Waals surface area contributed by atoms with Crippen LogP contribution in [0.15, 0.2) is 30.5 Å². The van der Waals surface area contributed by atoms with Gasteiger partial charge in [0.25, 0.3) is 5.91 Å². The zero-order valence-electron chi connectivity index (χ0n) is 14.7. The average molecular weight is 355 g/mol. The maximum Gasteiger partial charge on any atom is 0.417 e. The summed E-state index contributed by atoms with van der Waals surface area (Å²) in [7, 11) is 1.98. The number of para-hydroxylation sites is 1. The van der Waals surface area contributed by atoms with Crippen LogP contribution in [0.4, 0.5) is 4.79 Å². The molecule has 0 N–H and O–H groups in total. The van der Waals surface area contributed by atoms with Crippen molar-refractivity contribution >= 4 is 28.8 Å². The van der Waals surface area contributed by atoms with Gasteiger partial charge in [-0.2, -0.15) is 0 Å². The summed E-state index contributed by atoms with van der Waals surface area (Å²) in [5.74, 6) is -0.203. The first-order valence-corrected chi connectivity index (χ1v) is 8.84. The molecule has 0 atom stereocenters. The SMILES string of the molecule is Cn1cc(CC(=O)N2CCC(N3C(=O)COC3=O)CC2)c2ccccc21. The highest BCUT2D eigenvalue weighted by molar-refractivity contribution is 5.98. The Morgan fingerprint density at radius 1 is 1.19 bits per heavy atom. The standard InChI is InChI=1S/C19H21N3O4/c1-20-11-13(15-4-2-3-5-16(15)20)10-17(23)21-8-6-14(7-9-21)22-18(24)12-26-19(22)25/h2-5,11,14H,6-10,12H2,1H3. The van der Waals surface area contributed by atoms with E-state index in [0.717, 1.165) is 16.5 Å². The van der Waals surface area contributed by atoms with E-state index in [2.05, 4.69) is 0 Å². The van der Waals surface area contributed by atoms with Crippen LogP contribution in [0.2, 0.25) is 0 Å². The summed E-state index contributed by atoms with van der Waals surface area (Å²) in [6.07, 6.45) is 3.00. The molecule has 3 heterocycles. The zero-order valence-corrected chi connectivity index (χ0v) is 14.7. The molecule has 1 aromatic heterocycles. The Morgan fingerprint density at radius 2 is 1.92 bits per heavy atom. The van der Waals surface area contributed by atoms with Crippen LogP contribution in [0.25, 0.3) is 10.9 Å². The van der Waals surface area contributed by atoms with Gasteiger partial charge in [-0.1, -0.05) is 18.2 Å². The van der Waals surface area contributed by atoms with E-state index in [1.54, 1.807) is 0 Å². The van der Waals surface area contributed by atoms with E-state index in [1.165, 1.54) is 4.90 Å². The summed E-state index contributed by atoms with van der Waals surface area (Å²) in [5, 5.41) is 1.10. The van der Waals surface area contributed by atoms with Gasteiger partial charge in [0.15, 0.2) is 6.61 Å². The summed E-state index contributed by atoms with van der Waals surface area (Å²) < 4.78 is 6.82. The predicted octanol–water partition coefficient (Wildman–Crippen LogP) is 1.69. The number of likely N-dealkylation sites (tertiary alicyclic amines) is 1. The van der Waals surface area contributed by atoms with Crippen LogP contribution in [-0.2, 0) is 27.8 Å². The van der Waals surface area contributed by atoms with Crippen molar-refractivity contribution in [3.63, 3.8) is 0 Å². The van der Waals surface area contributed by atoms with Gasteiger partial charge in [0, 0.05) is 43.3 Å². The molecule has 0 bridgehead atoms. The van der Waals surface area contributed by atoms with Gasteiger partial charge in [-0.25, -0.2) is 9.69 Å². The number of fused-ring (bicyclic) bond motifs is 1. The van der Waals surface area contributed by atoms with E-state index in [-0.39, 0.29) is 24.5 Å². The van der Waals surface area contributed by atoms with Gasteiger partial charge in [0.2, 0.25) is 5.91 Å². The molecule has 3 amide bonds. The first-order chi connectivity index (χ1) is 12.5. The van der Waals surface area contributed by atoms with Gasteiger partial charge in [-0.3, -0.25) is 9.59 Å². The van der Waals surface area contributed by atoms with E-state index in [4.69, 9.17) is 4.74 Å². The third-order valence-corrected chi connectivity index (χ3v) is 5.29. The van der Waals surface area contributed by atoms with Crippen LogP contribution in [-0.4, -0.2) is 58.0 Å². The predicted molar refractivity (Wildman–Crippen MR) is 94.4 cm³/mol. The number of cyclic esters (lactones) is 1. The van der Waals surface area contributed by atoms with Crippen molar-refractivity contribution in [2.75, 3.05) is 19.7 Å². The summed E-state index contributed by atoms with van der Waals surface area (Å²) in [5.41, 5.74) is 2.13. The molecule has 2 aliphatic heterocycles. The topological polar surface area (TPSA) is 71.8 Å². The van der Waals surface area contributed by atoms with Gasteiger partial charge in [0.1, 0.15) is 0 Å². The Kier molecular flexibility index (Phi) is 4.14. The molecule has 4 rings (SSSR count). The number of rotatable bonds is 3. The number of imide groups is 1. The molecule has 2 aliphatic rings. The lowest BCUT2D eigenvalue weighted by atomic mass is 10.0. The molecule has 2 saturated heterocycles. The third kappa shape index (κ3) is 2.83. The van der Waals surface area contributed by atoms with Crippen molar-refractivity contribution < 1.29 is 19.1 Å². The number of nitrogens with zero attached hydrogens (tertiary/aromatic N) is 3. The molecule has 1 aromatic carbocycles. The molecular weight excluding hydrogens is 334 g/mol. The number of carbonyl (C=O) groups excluding carboxylic acids is 3. The first kappa shape index (κ1) is 16.6. The molecule has 0 saturated carbocycles. The summed E-state index contributed by atoms with van der Waals surface area (Å²) in [6.45, 7) is 0.926. The van der Waals surface area contributed by atoms with E-state index in [1.807, 2.05) is 47.0 Å². The van der Waals surface area contributed by atoms with Crippen LogP contribution in [0.1, 0.15) is 18.4 Å². The van der Waals surface area contributed by atoms with Crippen molar-refractivity contribution in [3.8, 4) is 0 Å². The van der Waals surface area contributed by atoms with Crippen molar-refractivity contribution in [2.45, 2.75) is 25.3 Å². The van der Waals surface area contributed by atoms with Crippen LogP contribution < -0.4 is 0 Å². The lowest BCUT2D eigenvalue weighted by Crippen LogP contribution is -2.48. The second kappa shape index (κ2) is 6.48. The normalized spacial score (nSPS) is 18.7. The third-order valence-electron chi connectivity index (χ3n) is 5.29. The Morgan fingerprint density at radius 3 is 2.62 bits per heavy atom. The Balaban J connectivity index is 1.41. The number of ether oxygens (including phenoxy) is 1. The highest BCUT2D eigenvalue weighted by Crippen LogP contribution is 2.24. The Hall–Kier alpha value is -2.83. The molecule has 7 heteroatoms. The van der Waals surface area contributed by atoms with Gasteiger partial charge < -0.3 is 14.2 Å². The van der Waals surface area contributed by atoms with Crippen LogP contribution in [0, 0.1) is 0 Å². The number of hydrogen-bond donors (Lipinski definition) is 0. The van der Waals surface area contributed by atoms with Gasteiger partial charge in [0.05, 0.1) is 6.42 Å². The molecule has 2 aromatic rings. The van der Waals surface area contributed by atoms with E-state index in [9.17, 15) is 14.4 Å². The molecule has 136 valence electrons. The van der Waals surface area contributed by atoms with Gasteiger partial charge in [-0.05, 0) is 24.5 Å². The van der Waals surface area contributed by atoms with Crippen molar-refractivity contribution in [3.05, 3.63) is 36.0 Å². The van der Waals surface area contributed by atoms with E-state index >= 15 is 0 Å². The number of aromatic nitrogens is 1. The molecule has 2 fully saturated rings. The molecule has 0 spiro atoms. The second-order valence-corrected chi connectivity index (χ2v) is 6.89. The quantitative estimate of drug-likeness (QED) is 0.840. The van der Waals surface area contributed by atoms with Gasteiger partial charge in [-0.15, -0.1) is 0 Å². The Bertz CT molecular complexity index is 864. The molecule has 0 aliphatic carbocycles. The minimum atomic E-state index is -0.560. The van der Waals surface area contributed by atoms with Crippen molar-refractivity contribution in [1.82, 2.24) is 14.4 Å². The summed E-state index contributed by atoms with van der Waals surface area (Å²) >= 11 is 0. The molecule has 0 radical (unpaired) electrons. The maximum absolute atomic E-state index is 12.7. The van der Waals surface area contributed by atoms with E-state index < -0.39 is 6.09 Å². The molecular formula is C19H21N3O4. The monoisotopic (exact) mass is 355 g/mol. The lowest BCUT2D eigenvalue weighted by molar-refractivity contribution is -0.132. The highest BCUT2D eigenvalue weighted by Gasteiger charge is 2.39. The number of hydrogen-bond acceptors (Lipinski definition) is 4. The molecule has 26 heavy (non-hydrogen) atoms. The van der Waals surface area contributed by atoms with E-state index in [0.29, 0.717) is 32.4 Å². The number of piperidine rings is 1. The fraction of sp³-hybridized carbons (Fsp3) is 0.421. The van der Waals surface area contributed by atoms with Gasteiger partial charge >= 0.3 is 6.09 Å². The number of carbonyl (C=O) groups is 3. The minimum absolute atomic E-state index is 0.0788. The fourth-order valence-corrected chi connectivity index (χ4v) is 3.93. The molecule has 7 nitrogen and oxygen atoms in total. The highest BCUT2D eigenvalue weighted by atomic mass is 16.6. The van der Waals surface area contributed by atoms with Crippen molar-refractivity contribution in [2.24, 2.45) is 7.05 Å². The summed E-state index contributed by atoms with van der Waals surface area (Å²) in [6, 6.07) is 7.88. The Labute approximate surface area is 151 Å². The zero-order chi connectivity index (χ0) is 18.3. The van der Waals surface area contributed by atoms with Crippen LogP contribution in [0.3, 0.4) is 0 Å². The largest absolute Gasteiger partial charge is 0.439 e. The number of aryl methyl sites for hydroxylation is 1. The molecule has 0 unspecified atom stereocenters. The number of amides is 3. The average Bonchev–Trinajstić information content (AvgIpc) is 3.15. The van der Waals surface area contributed by atoms with Crippen LogP contribution in [0.5, 0.6) is 0 Å². The smallest absolute Gasteiger partial charge is 0.417 e. The second-order valence-electron chi connectivity index (χ2n) is 6.89. The first-order valence-electron chi connectivity index (χ1n) is 8.84. The lowest BCUT2D eigenvalue weighted by Gasteiger charge is -2.34. The fourth-order valence-electron chi connectivity index (χ4n) is 3.93. The van der Waals surface area contributed by atoms with Crippen molar-refractivity contribution in [1.29, 1.82) is 0 Å². The number of benzene rings is 1. The van der Waals surface area contributed by atoms with Crippen LogP contribution >= 0.6 is 0 Å². The summed E-state index contributed by atoms with van der Waals surface area (Å²) in [4.78, 5) is 39.2. The minimum Gasteiger partial charge on any atom is -0.439 e. The maximum atomic E-state index is 12.7.